The van der Waals surface area contributed by atoms with Crippen molar-refractivity contribution in [3.8, 4) is 5.88 Å². The van der Waals surface area contributed by atoms with E-state index in [2.05, 4.69) is 9.97 Å². The van der Waals surface area contributed by atoms with Crippen molar-refractivity contribution in [3.05, 3.63) is 11.9 Å². The largest absolute Gasteiger partial charge is 0.474 e. The third kappa shape index (κ3) is 1.64. The van der Waals surface area contributed by atoms with Crippen LogP contribution in [0.3, 0.4) is 0 Å². The summed E-state index contributed by atoms with van der Waals surface area (Å²) in [5.41, 5.74) is 6.67. The van der Waals surface area contributed by atoms with Crippen LogP contribution in [0, 0.1) is 0 Å². The lowest BCUT2D eigenvalue weighted by atomic mass is 9.96. The number of nitrogen functional groups attached to an aromatic ring is 1. The van der Waals surface area contributed by atoms with Gasteiger partial charge in [0, 0.05) is 0 Å². The van der Waals surface area contributed by atoms with Gasteiger partial charge in [-0.15, -0.1) is 0 Å². The molecule has 0 aliphatic heterocycles. The first kappa shape index (κ1) is 9.24. The number of rotatable bonds is 3. The highest BCUT2D eigenvalue weighted by Crippen LogP contribution is 2.27. The fraction of sp³-hybridized carbons (Fsp3) is 0.600. The summed E-state index contributed by atoms with van der Waals surface area (Å²) >= 11 is 0. The van der Waals surface area contributed by atoms with Crippen LogP contribution in [0.15, 0.2) is 6.33 Å². The third-order valence-electron chi connectivity index (χ3n) is 2.62. The van der Waals surface area contributed by atoms with Crippen molar-refractivity contribution in [2.75, 3.05) is 5.73 Å². The van der Waals surface area contributed by atoms with Gasteiger partial charge >= 0.3 is 0 Å². The van der Waals surface area contributed by atoms with E-state index >= 15 is 0 Å². The Balaban J connectivity index is 2.17. The summed E-state index contributed by atoms with van der Waals surface area (Å²) in [4.78, 5) is 8.07. The second-order valence-electron chi connectivity index (χ2n) is 3.57. The molecule has 4 nitrogen and oxygen atoms in total. The number of hydrogen-bond donors (Lipinski definition) is 1. The van der Waals surface area contributed by atoms with E-state index in [1.807, 2.05) is 6.92 Å². The standard InChI is InChI=1S/C10H15N3O/c1-2-8-9(11)12-6-13-10(8)14-7-4-3-5-7/h6-7H,2-5H2,1H3,(H2,11,12,13). The zero-order valence-corrected chi connectivity index (χ0v) is 8.36. The van der Waals surface area contributed by atoms with Crippen molar-refractivity contribution >= 4 is 5.82 Å². The van der Waals surface area contributed by atoms with Crippen molar-refractivity contribution in [1.82, 2.24) is 9.97 Å². The van der Waals surface area contributed by atoms with Crippen LogP contribution in [-0.2, 0) is 6.42 Å². The quantitative estimate of drug-likeness (QED) is 0.791. The van der Waals surface area contributed by atoms with Crippen molar-refractivity contribution in [1.29, 1.82) is 0 Å². The molecule has 0 unspecified atom stereocenters. The van der Waals surface area contributed by atoms with E-state index in [0.717, 1.165) is 24.8 Å². The molecule has 0 aromatic carbocycles. The fourth-order valence-electron chi connectivity index (χ4n) is 1.49. The zero-order valence-electron chi connectivity index (χ0n) is 8.36. The Morgan fingerprint density at radius 1 is 1.50 bits per heavy atom. The van der Waals surface area contributed by atoms with Crippen molar-refractivity contribution in [3.63, 3.8) is 0 Å². The van der Waals surface area contributed by atoms with Crippen LogP contribution >= 0.6 is 0 Å². The molecule has 1 saturated carbocycles. The topological polar surface area (TPSA) is 61.0 Å². The molecule has 1 fully saturated rings. The van der Waals surface area contributed by atoms with E-state index in [0.29, 0.717) is 17.8 Å². The fourth-order valence-corrected chi connectivity index (χ4v) is 1.49. The van der Waals surface area contributed by atoms with Gasteiger partial charge in [-0.2, -0.15) is 0 Å². The molecular formula is C10H15N3O. The minimum atomic E-state index is 0.342. The molecule has 2 N–H and O–H groups in total. The van der Waals surface area contributed by atoms with E-state index in [-0.39, 0.29) is 0 Å². The van der Waals surface area contributed by atoms with E-state index in [1.54, 1.807) is 0 Å². The van der Waals surface area contributed by atoms with Crippen LogP contribution in [0.1, 0.15) is 31.7 Å². The van der Waals surface area contributed by atoms with Crippen LogP contribution in [0.2, 0.25) is 0 Å². The summed E-state index contributed by atoms with van der Waals surface area (Å²) in [6.45, 7) is 2.03. The summed E-state index contributed by atoms with van der Waals surface area (Å²) in [6, 6.07) is 0. The maximum Gasteiger partial charge on any atom is 0.222 e. The maximum absolute atomic E-state index is 5.74. The maximum atomic E-state index is 5.74. The molecule has 14 heavy (non-hydrogen) atoms. The molecule has 0 atom stereocenters. The predicted molar refractivity (Wildman–Crippen MR) is 54.1 cm³/mol. The Morgan fingerprint density at radius 2 is 2.29 bits per heavy atom. The molecule has 0 amide bonds. The average molecular weight is 193 g/mol. The van der Waals surface area contributed by atoms with Gasteiger partial charge in [0.05, 0.1) is 5.56 Å². The lowest BCUT2D eigenvalue weighted by Gasteiger charge is -2.26. The summed E-state index contributed by atoms with van der Waals surface area (Å²) in [7, 11) is 0. The van der Waals surface area contributed by atoms with Crippen LogP contribution in [0.5, 0.6) is 5.88 Å². The van der Waals surface area contributed by atoms with Gasteiger partial charge in [0.1, 0.15) is 18.2 Å². The van der Waals surface area contributed by atoms with E-state index < -0.39 is 0 Å². The van der Waals surface area contributed by atoms with Crippen molar-refractivity contribution < 1.29 is 4.74 Å². The first-order chi connectivity index (χ1) is 6.81. The average Bonchev–Trinajstić information content (AvgIpc) is 2.11. The molecule has 0 radical (unpaired) electrons. The number of anilines is 1. The van der Waals surface area contributed by atoms with Crippen LogP contribution < -0.4 is 10.5 Å². The zero-order chi connectivity index (χ0) is 9.97. The molecule has 2 rings (SSSR count). The molecule has 1 heterocycles. The highest BCUT2D eigenvalue weighted by atomic mass is 16.5. The van der Waals surface area contributed by atoms with Gasteiger partial charge in [-0.1, -0.05) is 6.92 Å². The van der Waals surface area contributed by atoms with E-state index in [4.69, 9.17) is 10.5 Å². The van der Waals surface area contributed by atoms with Crippen LogP contribution in [-0.4, -0.2) is 16.1 Å². The monoisotopic (exact) mass is 193 g/mol. The second kappa shape index (κ2) is 3.82. The minimum Gasteiger partial charge on any atom is -0.474 e. The van der Waals surface area contributed by atoms with E-state index in [9.17, 15) is 0 Å². The van der Waals surface area contributed by atoms with Gasteiger partial charge in [0.2, 0.25) is 5.88 Å². The normalized spacial score (nSPS) is 16.4. The molecule has 0 bridgehead atoms. The lowest BCUT2D eigenvalue weighted by Crippen LogP contribution is -2.25. The molecule has 76 valence electrons. The first-order valence-corrected chi connectivity index (χ1v) is 5.07. The Morgan fingerprint density at radius 3 is 2.86 bits per heavy atom. The van der Waals surface area contributed by atoms with Crippen LogP contribution in [0.4, 0.5) is 5.82 Å². The highest BCUT2D eigenvalue weighted by Gasteiger charge is 2.21. The van der Waals surface area contributed by atoms with Crippen LogP contribution in [0.25, 0.3) is 0 Å². The van der Waals surface area contributed by atoms with Crippen molar-refractivity contribution in [2.45, 2.75) is 38.7 Å². The number of aromatic nitrogens is 2. The molecule has 4 heteroatoms. The summed E-state index contributed by atoms with van der Waals surface area (Å²) in [6.07, 6.45) is 6.14. The Kier molecular flexibility index (Phi) is 2.52. The smallest absolute Gasteiger partial charge is 0.222 e. The number of ether oxygens (including phenoxy) is 1. The summed E-state index contributed by atoms with van der Waals surface area (Å²) in [5.74, 6) is 1.21. The molecule has 1 aromatic heterocycles. The van der Waals surface area contributed by atoms with E-state index in [1.165, 1.54) is 12.7 Å². The Hall–Kier alpha value is -1.32. The molecule has 0 spiro atoms. The first-order valence-electron chi connectivity index (χ1n) is 5.07. The number of nitrogens with two attached hydrogens (primary N) is 1. The van der Waals surface area contributed by atoms with Gasteiger partial charge < -0.3 is 10.5 Å². The minimum absolute atomic E-state index is 0.342. The lowest BCUT2D eigenvalue weighted by molar-refractivity contribution is 0.113. The van der Waals surface area contributed by atoms with Gasteiger partial charge in [0.25, 0.3) is 0 Å². The molecular weight excluding hydrogens is 178 g/mol. The number of nitrogens with zero attached hydrogens (tertiary/aromatic N) is 2. The molecule has 1 aliphatic rings. The molecule has 1 aliphatic carbocycles. The second-order valence-corrected chi connectivity index (χ2v) is 3.57. The van der Waals surface area contributed by atoms with Gasteiger partial charge in [-0.25, -0.2) is 9.97 Å². The highest BCUT2D eigenvalue weighted by molar-refractivity contribution is 5.44. The van der Waals surface area contributed by atoms with Gasteiger partial charge in [-0.05, 0) is 25.7 Å². The van der Waals surface area contributed by atoms with Crippen molar-refractivity contribution in [2.24, 2.45) is 0 Å². The Labute approximate surface area is 83.5 Å². The Bertz CT molecular complexity index is 323. The SMILES string of the molecule is CCc1c(N)ncnc1OC1CCC1. The predicted octanol–water partition coefficient (Wildman–Crippen LogP) is 1.55. The molecule has 1 aromatic rings. The summed E-state index contributed by atoms with van der Waals surface area (Å²) < 4.78 is 5.72. The molecule has 0 saturated heterocycles. The third-order valence-corrected chi connectivity index (χ3v) is 2.62. The van der Waals surface area contributed by atoms with Gasteiger partial charge in [0.15, 0.2) is 0 Å². The van der Waals surface area contributed by atoms with Gasteiger partial charge in [-0.3, -0.25) is 0 Å². The number of hydrogen-bond acceptors (Lipinski definition) is 4. The summed E-state index contributed by atoms with van der Waals surface area (Å²) in [5, 5.41) is 0.